The van der Waals surface area contributed by atoms with Crippen LogP contribution in [0.4, 0.5) is 10.1 Å². The Balaban J connectivity index is 1.93. The molecule has 0 fully saturated rings. The first-order valence-corrected chi connectivity index (χ1v) is 10.2. The molecule has 152 valence electrons. The van der Waals surface area contributed by atoms with Crippen LogP contribution in [0.1, 0.15) is 36.1 Å². The number of rotatable bonds is 7. The SMILES string of the molecule is C=C(c1ccc(/C(C)=C/C=C\C)cc1)N(Cc1ccc(F)cc1)c1ccccc1C. The molecule has 0 radical (unpaired) electrons. The Morgan fingerprint density at radius 1 is 0.933 bits per heavy atom. The fourth-order valence-corrected chi connectivity index (χ4v) is 3.38. The smallest absolute Gasteiger partial charge is 0.123 e. The van der Waals surface area contributed by atoms with Gasteiger partial charge in [0.15, 0.2) is 0 Å². The molecule has 1 nitrogen and oxygen atoms in total. The average molecular weight is 398 g/mol. The third-order valence-electron chi connectivity index (χ3n) is 5.20. The number of nitrogens with zero attached hydrogens (tertiary/aromatic N) is 1. The van der Waals surface area contributed by atoms with Crippen LogP contribution in [0.15, 0.2) is 97.6 Å². The van der Waals surface area contributed by atoms with Gasteiger partial charge in [0, 0.05) is 17.9 Å². The van der Waals surface area contributed by atoms with Crippen molar-refractivity contribution in [1.82, 2.24) is 0 Å². The monoisotopic (exact) mass is 397 g/mol. The molecule has 0 bridgehead atoms. The van der Waals surface area contributed by atoms with Gasteiger partial charge < -0.3 is 4.90 Å². The number of anilines is 1. The molecule has 0 aromatic heterocycles. The lowest BCUT2D eigenvalue weighted by atomic mass is 10.0. The Hall–Kier alpha value is -3.39. The molecule has 2 heteroatoms. The molecule has 3 aromatic rings. The minimum Gasteiger partial charge on any atom is -0.337 e. The quantitative estimate of drug-likeness (QED) is 0.368. The van der Waals surface area contributed by atoms with E-state index in [2.05, 4.69) is 67.8 Å². The van der Waals surface area contributed by atoms with Crippen LogP contribution in [0.5, 0.6) is 0 Å². The predicted octanol–water partition coefficient (Wildman–Crippen LogP) is 7.79. The van der Waals surface area contributed by atoms with Crippen LogP contribution < -0.4 is 4.90 Å². The predicted molar refractivity (Wildman–Crippen MR) is 128 cm³/mol. The summed E-state index contributed by atoms with van der Waals surface area (Å²) in [6.07, 6.45) is 6.18. The molecule has 3 rings (SSSR count). The van der Waals surface area contributed by atoms with Gasteiger partial charge >= 0.3 is 0 Å². The highest BCUT2D eigenvalue weighted by molar-refractivity contribution is 5.80. The lowest BCUT2D eigenvalue weighted by Gasteiger charge is -2.29. The number of benzene rings is 3. The minimum absolute atomic E-state index is 0.225. The average Bonchev–Trinajstić information content (AvgIpc) is 2.77. The molecular formula is C28H28FN. The Kier molecular flexibility index (Phi) is 7.03. The van der Waals surface area contributed by atoms with Crippen molar-refractivity contribution in [2.75, 3.05) is 4.90 Å². The van der Waals surface area contributed by atoms with E-state index in [1.165, 1.54) is 28.8 Å². The van der Waals surface area contributed by atoms with Gasteiger partial charge in [0.05, 0.1) is 0 Å². The van der Waals surface area contributed by atoms with Gasteiger partial charge in [-0.25, -0.2) is 4.39 Å². The fraction of sp³-hybridized carbons (Fsp3) is 0.143. The van der Waals surface area contributed by atoms with E-state index in [0.29, 0.717) is 6.54 Å². The molecule has 0 amide bonds. The summed E-state index contributed by atoms with van der Waals surface area (Å²) < 4.78 is 13.4. The van der Waals surface area contributed by atoms with E-state index in [1.807, 2.05) is 43.3 Å². The van der Waals surface area contributed by atoms with E-state index in [0.717, 1.165) is 22.5 Å². The molecule has 0 aliphatic carbocycles. The summed E-state index contributed by atoms with van der Waals surface area (Å²) >= 11 is 0. The maximum Gasteiger partial charge on any atom is 0.123 e. The molecule has 0 N–H and O–H groups in total. The molecule has 0 aliphatic heterocycles. The van der Waals surface area contributed by atoms with Gasteiger partial charge in [-0.2, -0.15) is 0 Å². The van der Waals surface area contributed by atoms with Gasteiger partial charge in [-0.1, -0.05) is 79.4 Å². The first-order valence-electron chi connectivity index (χ1n) is 10.2. The summed E-state index contributed by atoms with van der Waals surface area (Å²) in [6.45, 7) is 11.2. The van der Waals surface area contributed by atoms with Crippen LogP contribution >= 0.6 is 0 Å². The van der Waals surface area contributed by atoms with Gasteiger partial charge in [0.2, 0.25) is 0 Å². The van der Waals surface area contributed by atoms with Crippen LogP contribution in [0.2, 0.25) is 0 Å². The number of allylic oxidation sites excluding steroid dienone is 4. The first kappa shape index (κ1) is 21.3. The Morgan fingerprint density at radius 3 is 2.20 bits per heavy atom. The molecule has 0 unspecified atom stereocenters. The van der Waals surface area contributed by atoms with Crippen LogP contribution in [0, 0.1) is 12.7 Å². The van der Waals surface area contributed by atoms with E-state index in [-0.39, 0.29) is 5.82 Å². The first-order chi connectivity index (χ1) is 14.5. The van der Waals surface area contributed by atoms with E-state index in [4.69, 9.17) is 0 Å². The fourth-order valence-electron chi connectivity index (χ4n) is 3.38. The lowest BCUT2D eigenvalue weighted by molar-refractivity contribution is 0.627. The summed E-state index contributed by atoms with van der Waals surface area (Å²) in [7, 11) is 0. The third-order valence-corrected chi connectivity index (χ3v) is 5.20. The second-order valence-electron chi connectivity index (χ2n) is 7.40. The lowest BCUT2D eigenvalue weighted by Crippen LogP contribution is -2.21. The van der Waals surface area contributed by atoms with E-state index in [1.54, 1.807) is 0 Å². The van der Waals surface area contributed by atoms with Crippen molar-refractivity contribution in [3.63, 3.8) is 0 Å². The van der Waals surface area contributed by atoms with Gasteiger partial charge in [-0.3, -0.25) is 0 Å². The molecule has 3 aromatic carbocycles. The number of hydrogen-bond donors (Lipinski definition) is 0. The zero-order valence-electron chi connectivity index (χ0n) is 17.9. The zero-order valence-corrected chi connectivity index (χ0v) is 17.9. The van der Waals surface area contributed by atoms with Crippen LogP contribution in [-0.4, -0.2) is 0 Å². The molecule has 0 saturated heterocycles. The number of hydrogen-bond acceptors (Lipinski definition) is 1. The molecule has 30 heavy (non-hydrogen) atoms. The number of para-hydroxylation sites is 1. The zero-order chi connectivity index (χ0) is 21.5. The largest absolute Gasteiger partial charge is 0.337 e. The second-order valence-corrected chi connectivity index (χ2v) is 7.40. The van der Waals surface area contributed by atoms with Crippen molar-refractivity contribution >= 4 is 17.0 Å². The normalized spacial score (nSPS) is 11.7. The van der Waals surface area contributed by atoms with Crippen LogP contribution in [-0.2, 0) is 6.54 Å². The van der Waals surface area contributed by atoms with Gasteiger partial charge in [0.1, 0.15) is 5.82 Å². The molecule has 0 aliphatic rings. The third kappa shape index (κ3) is 5.15. The Bertz CT molecular complexity index is 1060. The highest BCUT2D eigenvalue weighted by Gasteiger charge is 2.15. The van der Waals surface area contributed by atoms with Crippen molar-refractivity contribution < 1.29 is 4.39 Å². The van der Waals surface area contributed by atoms with Gasteiger partial charge in [-0.15, -0.1) is 0 Å². The molecule has 0 atom stereocenters. The summed E-state index contributed by atoms with van der Waals surface area (Å²) in [5, 5.41) is 0. The number of halogens is 1. The Labute approximate surface area is 179 Å². The van der Waals surface area contributed by atoms with Crippen LogP contribution in [0.25, 0.3) is 11.3 Å². The van der Waals surface area contributed by atoms with Crippen molar-refractivity contribution in [2.24, 2.45) is 0 Å². The number of aryl methyl sites for hydroxylation is 1. The van der Waals surface area contributed by atoms with E-state index in [9.17, 15) is 4.39 Å². The van der Waals surface area contributed by atoms with Crippen LogP contribution in [0.3, 0.4) is 0 Å². The summed E-state index contributed by atoms with van der Waals surface area (Å²) in [5.74, 6) is -0.225. The van der Waals surface area contributed by atoms with Gasteiger partial charge in [0.25, 0.3) is 0 Å². The standard InChI is InChI=1S/C28H28FN/c1-5-6-9-21(2)25-14-16-26(17-15-25)23(4)30(28-11-8-7-10-22(28)3)20-24-12-18-27(29)19-13-24/h5-19H,4,20H2,1-3H3/b6-5-,21-9+. The summed E-state index contributed by atoms with van der Waals surface area (Å²) in [6, 6.07) is 23.4. The molecule has 0 heterocycles. The highest BCUT2D eigenvalue weighted by atomic mass is 19.1. The minimum atomic E-state index is -0.225. The Morgan fingerprint density at radius 2 is 1.57 bits per heavy atom. The van der Waals surface area contributed by atoms with Crippen molar-refractivity contribution in [3.8, 4) is 0 Å². The van der Waals surface area contributed by atoms with Crippen molar-refractivity contribution in [1.29, 1.82) is 0 Å². The molecular weight excluding hydrogens is 369 g/mol. The van der Waals surface area contributed by atoms with Gasteiger partial charge in [-0.05, 0) is 66.8 Å². The second kappa shape index (κ2) is 9.89. The van der Waals surface area contributed by atoms with E-state index >= 15 is 0 Å². The maximum absolute atomic E-state index is 13.4. The summed E-state index contributed by atoms with van der Waals surface area (Å²) in [5.41, 5.74) is 7.67. The summed E-state index contributed by atoms with van der Waals surface area (Å²) in [4.78, 5) is 2.19. The maximum atomic E-state index is 13.4. The van der Waals surface area contributed by atoms with Crippen molar-refractivity contribution in [3.05, 3.63) is 126 Å². The van der Waals surface area contributed by atoms with E-state index < -0.39 is 0 Å². The molecule has 0 spiro atoms. The molecule has 0 saturated carbocycles. The highest BCUT2D eigenvalue weighted by Crippen LogP contribution is 2.30. The topological polar surface area (TPSA) is 3.24 Å². The van der Waals surface area contributed by atoms with Crippen molar-refractivity contribution in [2.45, 2.75) is 27.3 Å².